The van der Waals surface area contributed by atoms with Crippen LogP contribution in [0.5, 0.6) is 5.75 Å². The van der Waals surface area contributed by atoms with Gasteiger partial charge in [0, 0.05) is 0 Å². The lowest BCUT2D eigenvalue weighted by atomic mass is 9.70. The molecule has 98 valence electrons. The van der Waals surface area contributed by atoms with Gasteiger partial charge in [0.25, 0.3) is 0 Å². The Balaban J connectivity index is 2.28. The van der Waals surface area contributed by atoms with Crippen molar-refractivity contribution >= 4 is 5.78 Å². The van der Waals surface area contributed by atoms with Gasteiger partial charge in [-0.3, -0.25) is 4.79 Å². The predicted octanol–water partition coefficient (Wildman–Crippen LogP) is 2.30. The minimum absolute atomic E-state index is 0.271. The number of carbonyl (C=O) groups excluding carboxylic acids is 1. The molecule has 3 nitrogen and oxygen atoms in total. The lowest BCUT2D eigenvalue weighted by Gasteiger charge is -2.36. The Labute approximate surface area is 109 Å². The van der Waals surface area contributed by atoms with Crippen molar-refractivity contribution in [2.45, 2.75) is 32.1 Å². The summed E-state index contributed by atoms with van der Waals surface area (Å²) in [5, 5.41) is 3.32. The first-order chi connectivity index (χ1) is 8.69. The van der Waals surface area contributed by atoms with Crippen LogP contribution in [-0.2, 0) is 10.2 Å². The number of benzene rings is 1. The number of rotatable bonds is 4. The average molecular weight is 247 g/mol. The van der Waals surface area contributed by atoms with E-state index in [0.717, 1.165) is 37.2 Å². The molecule has 2 rings (SSSR count). The third-order valence-corrected chi connectivity index (χ3v) is 3.85. The molecule has 1 heterocycles. The van der Waals surface area contributed by atoms with Crippen LogP contribution < -0.4 is 10.1 Å². The Hall–Kier alpha value is -1.35. The zero-order valence-electron chi connectivity index (χ0n) is 11.2. The van der Waals surface area contributed by atoms with Gasteiger partial charge in [-0.1, -0.05) is 12.1 Å². The Morgan fingerprint density at radius 1 is 1.28 bits per heavy atom. The van der Waals surface area contributed by atoms with Crippen LogP contribution in [0, 0.1) is 0 Å². The highest BCUT2D eigenvalue weighted by Crippen LogP contribution is 2.35. The van der Waals surface area contributed by atoms with Gasteiger partial charge in [0.05, 0.1) is 12.0 Å². The van der Waals surface area contributed by atoms with E-state index in [-0.39, 0.29) is 11.2 Å². The number of ether oxygens (including phenoxy) is 1. The fourth-order valence-corrected chi connectivity index (χ4v) is 2.73. The van der Waals surface area contributed by atoms with E-state index >= 15 is 0 Å². The van der Waals surface area contributed by atoms with Crippen LogP contribution in [0.1, 0.15) is 32.3 Å². The normalized spacial score (nSPS) is 18.3. The van der Waals surface area contributed by atoms with Crippen LogP contribution in [0.25, 0.3) is 0 Å². The second-order valence-electron chi connectivity index (χ2n) is 4.85. The van der Waals surface area contributed by atoms with E-state index in [1.54, 1.807) is 6.92 Å². The van der Waals surface area contributed by atoms with E-state index in [1.165, 1.54) is 0 Å². The molecule has 1 aromatic carbocycles. The largest absolute Gasteiger partial charge is 0.494 e. The fourth-order valence-electron chi connectivity index (χ4n) is 2.73. The van der Waals surface area contributed by atoms with Gasteiger partial charge in [-0.15, -0.1) is 0 Å². The molecule has 1 saturated heterocycles. The number of hydrogen-bond donors (Lipinski definition) is 1. The van der Waals surface area contributed by atoms with Crippen molar-refractivity contribution < 1.29 is 9.53 Å². The van der Waals surface area contributed by atoms with Crippen LogP contribution >= 0.6 is 0 Å². The first kappa shape index (κ1) is 13.1. The van der Waals surface area contributed by atoms with Crippen molar-refractivity contribution in [3.8, 4) is 5.75 Å². The third kappa shape index (κ3) is 2.41. The van der Waals surface area contributed by atoms with Gasteiger partial charge in [0.1, 0.15) is 11.5 Å². The van der Waals surface area contributed by atoms with Gasteiger partial charge in [-0.05, 0) is 57.5 Å². The van der Waals surface area contributed by atoms with Gasteiger partial charge in [0.2, 0.25) is 0 Å². The molecule has 0 unspecified atom stereocenters. The highest BCUT2D eigenvalue weighted by molar-refractivity contribution is 5.88. The molecule has 3 heteroatoms. The van der Waals surface area contributed by atoms with Crippen LogP contribution in [-0.4, -0.2) is 25.5 Å². The molecule has 1 fully saturated rings. The third-order valence-electron chi connectivity index (χ3n) is 3.85. The van der Waals surface area contributed by atoms with E-state index in [9.17, 15) is 4.79 Å². The summed E-state index contributed by atoms with van der Waals surface area (Å²) in [5.41, 5.74) is 0.829. The maximum Gasteiger partial charge on any atom is 0.140 e. The minimum Gasteiger partial charge on any atom is -0.494 e. The number of carbonyl (C=O) groups is 1. The summed E-state index contributed by atoms with van der Waals surface area (Å²) in [6.07, 6.45) is 1.77. The maximum atomic E-state index is 12.1. The molecular weight excluding hydrogens is 226 g/mol. The smallest absolute Gasteiger partial charge is 0.140 e. The van der Waals surface area contributed by atoms with Crippen LogP contribution in [0.2, 0.25) is 0 Å². The van der Waals surface area contributed by atoms with Gasteiger partial charge in [-0.2, -0.15) is 0 Å². The standard InChI is InChI=1S/C15H21NO2/c1-3-18-14-6-4-13(5-7-14)15(12(2)17)8-10-16-11-9-15/h4-7,16H,3,8-11H2,1-2H3. The average Bonchev–Trinajstić information content (AvgIpc) is 2.40. The molecule has 0 spiro atoms. The molecule has 18 heavy (non-hydrogen) atoms. The van der Waals surface area contributed by atoms with E-state index in [0.29, 0.717) is 6.61 Å². The summed E-state index contributed by atoms with van der Waals surface area (Å²) >= 11 is 0. The van der Waals surface area contributed by atoms with Crippen molar-refractivity contribution in [2.75, 3.05) is 19.7 Å². The topological polar surface area (TPSA) is 38.3 Å². The molecule has 1 aliphatic rings. The quantitative estimate of drug-likeness (QED) is 0.887. The Morgan fingerprint density at radius 2 is 1.89 bits per heavy atom. The van der Waals surface area contributed by atoms with Gasteiger partial charge < -0.3 is 10.1 Å². The van der Waals surface area contributed by atoms with Crippen molar-refractivity contribution in [2.24, 2.45) is 0 Å². The summed E-state index contributed by atoms with van der Waals surface area (Å²) in [6, 6.07) is 8.01. The van der Waals surface area contributed by atoms with Crippen molar-refractivity contribution in [3.05, 3.63) is 29.8 Å². The molecule has 1 N–H and O–H groups in total. The van der Waals surface area contributed by atoms with Crippen LogP contribution in [0.3, 0.4) is 0 Å². The Morgan fingerprint density at radius 3 is 2.39 bits per heavy atom. The van der Waals surface area contributed by atoms with E-state index in [2.05, 4.69) is 5.32 Å². The first-order valence-corrected chi connectivity index (χ1v) is 6.64. The summed E-state index contributed by atoms with van der Waals surface area (Å²) in [7, 11) is 0. The fraction of sp³-hybridized carbons (Fsp3) is 0.533. The highest BCUT2D eigenvalue weighted by atomic mass is 16.5. The summed E-state index contributed by atoms with van der Waals surface area (Å²) < 4.78 is 5.44. The molecule has 0 atom stereocenters. The van der Waals surface area contributed by atoms with E-state index < -0.39 is 0 Å². The number of piperidine rings is 1. The van der Waals surface area contributed by atoms with Crippen molar-refractivity contribution in [3.63, 3.8) is 0 Å². The summed E-state index contributed by atoms with van der Waals surface area (Å²) in [4.78, 5) is 12.1. The minimum atomic E-state index is -0.296. The summed E-state index contributed by atoms with van der Waals surface area (Å²) in [6.45, 7) is 6.17. The summed E-state index contributed by atoms with van der Waals surface area (Å²) in [5.74, 6) is 1.14. The van der Waals surface area contributed by atoms with Gasteiger partial charge in [0.15, 0.2) is 0 Å². The van der Waals surface area contributed by atoms with Gasteiger partial charge in [-0.25, -0.2) is 0 Å². The molecule has 1 aliphatic heterocycles. The van der Waals surface area contributed by atoms with E-state index in [4.69, 9.17) is 4.74 Å². The second kappa shape index (κ2) is 5.53. The molecule has 0 bridgehead atoms. The first-order valence-electron chi connectivity index (χ1n) is 6.64. The molecular formula is C15H21NO2. The lowest BCUT2D eigenvalue weighted by Crippen LogP contribution is -2.44. The number of nitrogens with one attached hydrogen (secondary N) is 1. The second-order valence-corrected chi connectivity index (χ2v) is 4.85. The monoisotopic (exact) mass is 247 g/mol. The zero-order chi connectivity index (χ0) is 13.0. The Kier molecular flexibility index (Phi) is 4.02. The predicted molar refractivity (Wildman–Crippen MR) is 72.1 cm³/mol. The molecule has 0 aliphatic carbocycles. The number of Topliss-reactive ketones (excluding diaryl/α,β-unsaturated/α-hetero) is 1. The molecule has 0 amide bonds. The van der Waals surface area contributed by atoms with Crippen LogP contribution in [0.4, 0.5) is 0 Å². The van der Waals surface area contributed by atoms with Crippen LogP contribution in [0.15, 0.2) is 24.3 Å². The number of ketones is 1. The van der Waals surface area contributed by atoms with Gasteiger partial charge >= 0.3 is 0 Å². The Bertz CT molecular complexity index is 405. The number of hydrogen-bond acceptors (Lipinski definition) is 3. The zero-order valence-corrected chi connectivity index (χ0v) is 11.2. The van der Waals surface area contributed by atoms with Crippen molar-refractivity contribution in [1.82, 2.24) is 5.32 Å². The molecule has 0 aromatic heterocycles. The molecule has 0 saturated carbocycles. The maximum absolute atomic E-state index is 12.1. The SMILES string of the molecule is CCOc1ccc(C2(C(C)=O)CCNCC2)cc1. The van der Waals surface area contributed by atoms with E-state index in [1.807, 2.05) is 31.2 Å². The molecule has 1 aromatic rings. The lowest BCUT2D eigenvalue weighted by molar-refractivity contribution is -0.123. The van der Waals surface area contributed by atoms with Crippen molar-refractivity contribution in [1.29, 1.82) is 0 Å². The highest BCUT2D eigenvalue weighted by Gasteiger charge is 2.38. The molecule has 0 radical (unpaired) electrons.